The molecule has 0 aliphatic carbocycles. The highest BCUT2D eigenvalue weighted by molar-refractivity contribution is 7.10. The number of aliphatic hydroxyl groups is 1. The van der Waals surface area contributed by atoms with E-state index in [2.05, 4.69) is 11.4 Å². The molecule has 1 aliphatic rings. The van der Waals surface area contributed by atoms with Crippen LogP contribution in [0.2, 0.25) is 0 Å². The van der Waals surface area contributed by atoms with Crippen LogP contribution in [-0.2, 0) is 17.8 Å². The van der Waals surface area contributed by atoms with Gasteiger partial charge in [-0.1, -0.05) is 0 Å². The van der Waals surface area contributed by atoms with E-state index >= 15 is 0 Å². The number of hydrogen-bond donors (Lipinski definition) is 1. The second-order valence-corrected chi connectivity index (χ2v) is 6.76. The number of amides is 1. The summed E-state index contributed by atoms with van der Waals surface area (Å²) in [6.45, 7) is 5.81. The standard InChI is InChI=1S/C14H22N2O2S/c1-14(2,10-17)15(3)9-13(18)16-6-4-12-11(8-16)5-7-19-12/h5,7,17H,4,6,8-10H2,1-3H3. The van der Waals surface area contributed by atoms with Gasteiger partial charge in [0.25, 0.3) is 0 Å². The van der Waals surface area contributed by atoms with E-state index in [-0.39, 0.29) is 18.1 Å². The van der Waals surface area contributed by atoms with Gasteiger partial charge in [-0.15, -0.1) is 11.3 Å². The summed E-state index contributed by atoms with van der Waals surface area (Å²) in [6.07, 6.45) is 0.964. The molecule has 2 heterocycles. The molecule has 4 nitrogen and oxygen atoms in total. The third kappa shape index (κ3) is 3.16. The van der Waals surface area contributed by atoms with Crippen LogP contribution in [0, 0.1) is 0 Å². The number of thiophene rings is 1. The van der Waals surface area contributed by atoms with E-state index in [0.29, 0.717) is 6.54 Å². The third-order valence-corrected chi connectivity index (χ3v) is 4.98. The van der Waals surface area contributed by atoms with E-state index in [1.54, 1.807) is 11.3 Å². The maximum atomic E-state index is 12.3. The highest BCUT2D eigenvalue weighted by Gasteiger charge is 2.27. The molecule has 106 valence electrons. The first-order valence-electron chi connectivity index (χ1n) is 6.59. The van der Waals surface area contributed by atoms with Crippen molar-refractivity contribution in [1.29, 1.82) is 0 Å². The summed E-state index contributed by atoms with van der Waals surface area (Å²) in [4.78, 5) is 17.5. The highest BCUT2D eigenvalue weighted by Crippen LogP contribution is 2.24. The number of carbonyl (C=O) groups excluding carboxylic acids is 1. The smallest absolute Gasteiger partial charge is 0.237 e. The molecule has 1 aliphatic heterocycles. The van der Waals surface area contributed by atoms with Crippen molar-refractivity contribution in [2.24, 2.45) is 0 Å². The van der Waals surface area contributed by atoms with Gasteiger partial charge in [-0.3, -0.25) is 9.69 Å². The molecule has 0 unspecified atom stereocenters. The number of carbonyl (C=O) groups is 1. The number of aliphatic hydroxyl groups excluding tert-OH is 1. The van der Waals surface area contributed by atoms with E-state index in [4.69, 9.17) is 0 Å². The molecule has 0 radical (unpaired) electrons. The van der Waals surface area contributed by atoms with Crippen molar-refractivity contribution in [2.75, 3.05) is 26.7 Å². The zero-order valence-electron chi connectivity index (χ0n) is 11.8. The molecule has 0 atom stereocenters. The van der Waals surface area contributed by atoms with Gasteiger partial charge in [0.1, 0.15) is 0 Å². The average Bonchev–Trinajstić information content (AvgIpc) is 2.85. The largest absolute Gasteiger partial charge is 0.394 e. The Labute approximate surface area is 118 Å². The van der Waals surface area contributed by atoms with E-state index in [1.165, 1.54) is 10.4 Å². The Morgan fingerprint density at radius 1 is 1.58 bits per heavy atom. The molecule has 1 amide bonds. The Morgan fingerprint density at radius 2 is 2.32 bits per heavy atom. The Morgan fingerprint density at radius 3 is 3.00 bits per heavy atom. The van der Waals surface area contributed by atoms with Gasteiger partial charge < -0.3 is 10.0 Å². The van der Waals surface area contributed by atoms with Crippen molar-refractivity contribution in [3.05, 3.63) is 21.9 Å². The van der Waals surface area contributed by atoms with E-state index in [9.17, 15) is 9.90 Å². The van der Waals surface area contributed by atoms with Crippen LogP contribution in [0.4, 0.5) is 0 Å². The predicted octanol–water partition coefficient (Wildman–Crippen LogP) is 1.34. The summed E-state index contributed by atoms with van der Waals surface area (Å²) in [5, 5.41) is 11.4. The SMILES string of the molecule is CN(CC(=O)N1CCc2sccc2C1)C(C)(C)CO. The molecule has 0 fully saturated rings. The molecule has 0 bridgehead atoms. The minimum Gasteiger partial charge on any atom is -0.394 e. The van der Waals surface area contributed by atoms with Crippen molar-refractivity contribution in [2.45, 2.75) is 32.4 Å². The molecule has 0 saturated heterocycles. The highest BCUT2D eigenvalue weighted by atomic mass is 32.1. The molecular formula is C14H22N2O2S. The van der Waals surface area contributed by atoms with Gasteiger partial charge in [-0.2, -0.15) is 0 Å². The van der Waals surface area contributed by atoms with E-state index in [1.807, 2.05) is 30.7 Å². The minimum absolute atomic E-state index is 0.0471. The molecule has 1 aromatic rings. The molecule has 1 aromatic heterocycles. The van der Waals surface area contributed by atoms with Gasteiger partial charge in [0.2, 0.25) is 5.91 Å². The number of rotatable bonds is 4. The number of fused-ring (bicyclic) bond motifs is 1. The lowest BCUT2D eigenvalue weighted by atomic mass is 10.0. The molecule has 1 N–H and O–H groups in total. The zero-order valence-corrected chi connectivity index (χ0v) is 12.7. The summed E-state index contributed by atoms with van der Waals surface area (Å²) >= 11 is 1.78. The van der Waals surface area contributed by atoms with Crippen LogP contribution in [0.5, 0.6) is 0 Å². The summed E-state index contributed by atoms with van der Waals surface area (Å²) in [5.41, 5.74) is 0.924. The summed E-state index contributed by atoms with van der Waals surface area (Å²) < 4.78 is 0. The van der Waals surface area contributed by atoms with Crippen LogP contribution in [0.3, 0.4) is 0 Å². The average molecular weight is 282 g/mol. The van der Waals surface area contributed by atoms with Crippen molar-refractivity contribution in [1.82, 2.24) is 9.80 Å². The number of nitrogens with zero attached hydrogens (tertiary/aromatic N) is 2. The first kappa shape index (κ1) is 14.5. The van der Waals surface area contributed by atoms with Gasteiger partial charge in [0.05, 0.1) is 13.2 Å². The predicted molar refractivity (Wildman–Crippen MR) is 77.2 cm³/mol. The summed E-state index contributed by atoms with van der Waals surface area (Å²) in [7, 11) is 1.88. The topological polar surface area (TPSA) is 43.8 Å². The van der Waals surface area contributed by atoms with Crippen molar-refractivity contribution >= 4 is 17.2 Å². The first-order chi connectivity index (χ1) is 8.94. The molecular weight excluding hydrogens is 260 g/mol. The Kier molecular flexibility index (Phi) is 4.28. The van der Waals surface area contributed by atoms with Crippen LogP contribution in [0.1, 0.15) is 24.3 Å². The van der Waals surface area contributed by atoms with Crippen LogP contribution in [0.15, 0.2) is 11.4 Å². The van der Waals surface area contributed by atoms with E-state index < -0.39 is 0 Å². The fourth-order valence-corrected chi connectivity index (χ4v) is 2.99. The van der Waals surface area contributed by atoms with Gasteiger partial charge in [0, 0.05) is 23.5 Å². The second-order valence-electron chi connectivity index (χ2n) is 5.76. The molecule has 0 spiro atoms. The molecule has 2 rings (SSSR count). The fraction of sp³-hybridized carbons (Fsp3) is 0.643. The molecule has 5 heteroatoms. The van der Waals surface area contributed by atoms with Gasteiger partial charge in [-0.05, 0) is 44.3 Å². The number of hydrogen-bond acceptors (Lipinski definition) is 4. The normalized spacial score (nSPS) is 15.7. The zero-order chi connectivity index (χ0) is 14.0. The first-order valence-corrected chi connectivity index (χ1v) is 7.47. The second kappa shape index (κ2) is 5.61. The van der Waals surface area contributed by atoms with Crippen LogP contribution in [-0.4, -0.2) is 53.1 Å². The maximum absolute atomic E-state index is 12.3. The van der Waals surface area contributed by atoms with E-state index in [0.717, 1.165) is 19.5 Å². The Balaban J connectivity index is 1.95. The van der Waals surface area contributed by atoms with Gasteiger partial charge in [-0.25, -0.2) is 0 Å². The minimum atomic E-state index is -0.362. The van der Waals surface area contributed by atoms with Crippen molar-refractivity contribution in [3.8, 4) is 0 Å². The van der Waals surface area contributed by atoms with Crippen molar-refractivity contribution in [3.63, 3.8) is 0 Å². The maximum Gasteiger partial charge on any atom is 0.237 e. The van der Waals surface area contributed by atoms with Gasteiger partial charge >= 0.3 is 0 Å². The molecule has 0 aromatic carbocycles. The van der Waals surface area contributed by atoms with Crippen LogP contribution < -0.4 is 0 Å². The third-order valence-electron chi connectivity index (χ3n) is 3.95. The summed E-state index contributed by atoms with van der Waals surface area (Å²) in [5.74, 6) is 0.140. The monoisotopic (exact) mass is 282 g/mol. The molecule has 19 heavy (non-hydrogen) atoms. The lowest BCUT2D eigenvalue weighted by Gasteiger charge is -2.35. The molecule has 0 saturated carbocycles. The lowest BCUT2D eigenvalue weighted by Crippen LogP contribution is -2.50. The van der Waals surface area contributed by atoms with Crippen LogP contribution in [0.25, 0.3) is 0 Å². The summed E-state index contributed by atoms with van der Waals surface area (Å²) in [6, 6.07) is 2.11. The fourth-order valence-electron chi connectivity index (χ4n) is 2.10. The quantitative estimate of drug-likeness (QED) is 0.906. The number of likely N-dealkylation sites (N-methyl/N-ethyl adjacent to an activating group) is 1. The Hall–Kier alpha value is -0.910. The lowest BCUT2D eigenvalue weighted by molar-refractivity contribution is -0.134. The van der Waals surface area contributed by atoms with Gasteiger partial charge in [0.15, 0.2) is 0 Å². The van der Waals surface area contributed by atoms with Crippen molar-refractivity contribution < 1.29 is 9.90 Å². The van der Waals surface area contributed by atoms with Crippen LogP contribution >= 0.6 is 11.3 Å². The Bertz CT molecular complexity index is 456.